The van der Waals surface area contributed by atoms with Gasteiger partial charge in [0.2, 0.25) is 0 Å². The van der Waals surface area contributed by atoms with E-state index in [1.807, 2.05) is 26.0 Å². The molecule has 0 aliphatic rings. The van der Waals surface area contributed by atoms with Crippen LogP contribution in [-0.2, 0) is 13.8 Å². The molecule has 0 aliphatic carbocycles. The summed E-state index contributed by atoms with van der Waals surface area (Å²) in [6.45, 7) is 3.82. The molecule has 1 N–H and O–H groups in total. The summed E-state index contributed by atoms with van der Waals surface area (Å²) in [4.78, 5) is 16.0. The van der Waals surface area contributed by atoms with E-state index < -0.39 is 13.5 Å². The van der Waals surface area contributed by atoms with Crippen LogP contribution >= 0.6 is 18.9 Å². The van der Waals surface area contributed by atoms with Gasteiger partial charge in [-0.05, 0) is 25.5 Å². The third-order valence-corrected chi connectivity index (χ3v) is 6.08. The van der Waals surface area contributed by atoms with Crippen LogP contribution in [0.25, 0.3) is 0 Å². The molecule has 0 fully saturated rings. The molecule has 1 unspecified atom stereocenters. The van der Waals surface area contributed by atoms with Crippen LogP contribution in [0.15, 0.2) is 23.7 Å². The molecule has 0 aliphatic heterocycles. The Morgan fingerprint density at radius 1 is 1.32 bits per heavy atom. The van der Waals surface area contributed by atoms with Crippen molar-refractivity contribution in [3.05, 3.63) is 39.7 Å². The van der Waals surface area contributed by atoms with Crippen molar-refractivity contribution >= 4 is 35.9 Å². The fourth-order valence-corrected chi connectivity index (χ4v) is 4.43. The van der Waals surface area contributed by atoms with E-state index in [2.05, 4.69) is 14.8 Å². The molecule has 8 heteroatoms. The van der Waals surface area contributed by atoms with Crippen LogP contribution in [0.5, 0.6) is 0 Å². The van der Waals surface area contributed by atoms with Gasteiger partial charge in [-0.15, -0.1) is 11.3 Å². The lowest BCUT2D eigenvalue weighted by Crippen LogP contribution is -2.17. The quantitative estimate of drug-likeness (QED) is 0.666. The van der Waals surface area contributed by atoms with Gasteiger partial charge in [-0.3, -0.25) is 9.65 Å². The standard InChI is InChI=1S/C14H17N2O4PS/c1-9-5-6-11(10(2)7-9)21(18,20-4)16-13-12(14(17)19-3)22-8-15-13/h5-8H,1-4H3,(H,16,18). The summed E-state index contributed by atoms with van der Waals surface area (Å²) in [7, 11) is -0.748. The van der Waals surface area contributed by atoms with Gasteiger partial charge in [-0.2, -0.15) is 0 Å². The molecule has 1 aromatic heterocycles. The van der Waals surface area contributed by atoms with Gasteiger partial charge >= 0.3 is 13.5 Å². The molecule has 6 nitrogen and oxygen atoms in total. The predicted octanol–water partition coefficient (Wildman–Crippen LogP) is 3.12. The Morgan fingerprint density at radius 3 is 2.64 bits per heavy atom. The van der Waals surface area contributed by atoms with Gasteiger partial charge in [0.05, 0.1) is 17.9 Å². The molecule has 118 valence electrons. The van der Waals surface area contributed by atoms with Crippen molar-refractivity contribution in [1.29, 1.82) is 0 Å². The number of nitrogens with zero attached hydrogens (tertiary/aromatic N) is 1. The number of ether oxygens (including phenoxy) is 1. The largest absolute Gasteiger partial charge is 0.465 e. The van der Waals surface area contributed by atoms with Crippen molar-refractivity contribution in [2.75, 3.05) is 19.3 Å². The predicted molar refractivity (Wildman–Crippen MR) is 87.2 cm³/mol. The summed E-state index contributed by atoms with van der Waals surface area (Å²) >= 11 is 1.11. The second-order valence-electron chi connectivity index (χ2n) is 4.66. The first-order valence-electron chi connectivity index (χ1n) is 6.45. The third kappa shape index (κ3) is 3.21. The molecule has 0 spiro atoms. The number of nitrogens with one attached hydrogen (secondary N) is 1. The van der Waals surface area contributed by atoms with Crippen molar-refractivity contribution in [2.45, 2.75) is 13.8 Å². The van der Waals surface area contributed by atoms with E-state index in [0.717, 1.165) is 22.5 Å². The maximum absolute atomic E-state index is 13.1. The minimum absolute atomic E-state index is 0.196. The number of anilines is 1. The SMILES string of the molecule is COC(=O)c1scnc1NP(=O)(OC)c1ccc(C)cc1C. The van der Waals surface area contributed by atoms with Crippen molar-refractivity contribution in [3.8, 4) is 0 Å². The second-order valence-corrected chi connectivity index (χ2v) is 7.69. The Labute approximate surface area is 133 Å². The molecule has 0 radical (unpaired) electrons. The second kappa shape index (κ2) is 6.60. The van der Waals surface area contributed by atoms with E-state index in [0.29, 0.717) is 5.30 Å². The average Bonchev–Trinajstić information content (AvgIpc) is 2.94. The lowest BCUT2D eigenvalue weighted by atomic mass is 10.2. The molecular formula is C14H17N2O4PS. The number of methoxy groups -OCH3 is 1. The van der Waals surface area contributed by atoms with Gasteiger partial charge < -0.3 is 9.26 Å². The number of benzene rings is 1. The summed E-state index contributed by atoms with van der Waals surface area (Å²) in [6.07, 6.45) is 0. The zero-order chi connectivity index (χ0) is 16.3. The zero-order valence-corrected chi connectivity index (χ0v) is 14.5. The Balaban J connectivity index is 2.42. The topological polar surface area (TPSA) is 77.5 Å². The summed E-state index contributed by atoms with van der Waals surface area (Å²) in [5.74, 6) is -0.338. The van der Waals surface area contributed by atoms with Crippen LogP contribution < -0.4 is 10.4 Å². The molecule has 1 atom stereocenters. The van der Waals surface area contributed by atoms with Crippen LogP contribution in [0, 0.1) is 13.8 Å². The number of thiazole rings is 1. The lowest BCUT2D eigenvalue weighted by molar-refractivity contribution is 0.0607. The van der Waals surface area contributed by atoms with Gasteiger partial charge in [0.25, 0.3) is 0 Å². The molecule has 0 bridgehead atoms. The Bertz CT molecular complexity index is 744. The highest BCUT2D eigenvalue weighted by atomic mass is 32.1. The Hall–Kier alpha value is -1.69. The molecule has 0 saturated carbocycles. The van der Waals surface area contributed by atoms with E-state index in [1.165, 1.54) is 19.7 Å². The summed E-state index contributed by atoms with van der Waals surface area (Å²) < 4.78 is 23.1. The molecule has 0 amide bonds. The molecule has 1 heterocycles. The number of carbonyl (C=O) groups is 1. The van der Waals surface area contributed by atoms with Crippen LogP contribution in [0.3, 0.4) is 0 Å². The maximum atomic E-state index is 13.1. The number of esters is 1. The third-order valence-electron chi connectivity index (χ3n) is 3.12. The van der Waals surface area contributed by atoms with Gasteiger partial charge in [0.15, 0.2) is 10.7 Å². The number of aryl methyl sites for hydroxylation is 2. The monoisotopic (exact) mass is 340 g/mol. The van der Waals surface area contributed by atoms with Gasteiger partial charge in [-0.1, -0.05) is 17.7 Å². The fourth-order valence-electron chi connectivity index (χ4n) is 2.04. The van der Waals surface area contributed by atoms with Gasteiger partial charge in [0.1, 0.15) is 0 Å². The highest BCUT2D eigenvalue weighted by molar-refractivity contribution is 7.68. The lowest BCUT2D eigenvalue weighted by Gasteiger charge is -2.20. The maximum Gasteiger partial charge on any atom is 0.351 e. The summed E-state index contributed by atoms with van der Waals surface area (Å²) in [5, 5.41) is 3.32. The first-order chi connectivity index (χ1) is 10.4. The van der Waals surface area contributed by atoms with E-state index in [4.69, 9.17) is 4.52 Å². The Morgan fingerprint density at radius 2 is 2.05 bits per heavy atom. The number of hydrogen-bond donors (Lipinski definition) is 1. The summed E-state index contributed by atoms with van der Waals surface area (Å²) in [5.41, 5.74) is 3.39. The van der Waals surface area contributed by atoms with Crippen molar-refractivity contribution in [2.24, 2.45) is 0 Å². The van der Waals surface area contributed by atoms with Gasteiger partial charge in [0, 0.05) is 7.11 Å². The van der Waals surface area contributed by atoms with Crippen molar-refractivity contribution in [3.63, 3.8) is 0 Å². The first kappa shape index (κ1) is 16.7. The van der Waals surface area contributed by atoms with Crippen molar-refractivity contribution < 1.29 is 18.6 Å². The Kier molecular flexibility index (Phi) is 5.01. The van der Waals surface area contributed by atoms with Crippen LogP contribution in [0.2, 0.25) is 0 Å². The van der Waals surface area contributed by atoms with Gasteiger partial charge in [-0.25, -0.2) is 9.78 Å². The fraction of sp³-hybridized carbons (Fsp3) is 0.286. The molecule has 2 aromatic rings. The highest BCUT2D eigenvalue weighted by Crippen LogP contribution is 2.46. The smallest absolute Gasteiger partial charge is 0.351 e. The number of carbonyl (C=O) groups excluding carboxylic acids is 1. The van der Waals surface area contributed by atoms with Crippen LogP contribution in [0.1, 0.15) is 20.8 Å². The van der Waals surface area contributed by atoms with E-state index in [-0.39, 0.29) is 10.7 Å². The molecule has 2 rings (SSSR count). The molecular weight excluding hydrogens is 323 g/mol. The minimum Gasteiger partial charge on any atom is -0.465 e. The van der Waals surface area contributed by atoms with E-state index in [9.17, 15) is 9.36 Å². The van der Waals surface area contributed by atoms with Crippen molar-refractivity contribution in [1.82, 2.24) is 4.98 Å². The first-order valence-corrected chi connectivity index (χ1v) is 8.95. The highest BCUT2D eigenvalue weighted by Gasteiger charge is 2.30. The summed E-state index contributed by atoms with van der Waals surface area (Å²) in [6, 6.07) is 5.54. The zero-order valence-electron chi connectivity index (χ0n) is 12.7. The minimum atomic E-state index is -3.39. The number of hydrogen-bond acceptors (Lipinski definition) is 6. The number of rotatable bonds is 5. The molecule has 22 heavy (non-hydrogen) atoms. The van der Waals surface area contributed by atoms with E-state index >= 15 is 0 Å². The normalized spacial score (nSPS) is 13.5. The van der Waals surface area contributed by atoms with Crippen LogP contribution in [-0.4, -0.2) is 25.2 Å². The molecule has 0 saturated heterocycles. The van der Waals surface area contributed by atoms with Crippen LogP contribution in [0.4, 0.5) is 5.82 Å². The average molecular weight is 340 g/mol. The van der Waals surface area contributed by atoms with E-state index in [1.54, 1.807) is 6.07 Å². The molecule has 1 aromatic carbocycles. The number of aromatic nitrogens is 1.